The zero-order chi connectivity index (χ0) is 21.8. The van der Waals surface area contributed by atoms with E-state index < -0.39 is 0 Å². The minimum atomic E-state index is -0.268. The summed E-state index contributed by atoms with van der Waals surface area (Å²) in [6.45, 7) is 10.7. The van der Waals surface area contributed by atoms with Crippen molar-refractivity contribution in [1.29, 1.82) is 0 Å². The number of aryl methyl sites for hydroxylation is 2. The molecule has 0 bridgehead atoms. The van der Waals surface area contributed by atoms with Gasteiger partial charge in [0.1, 0.15) is 5.75 Å². The molecule has 3 amide bonds. The van der Waals surface area contributed by atoms with Gasteiger partial charge in [-0.05, 0) is 57.4 Å². The van der Waals surface area contributed by atoms with Crippen LogP contribution in [0.4, 0.5) is 0 Å². The van der Waals surface area contributed by atoms with Gasteiger partial charge in [-0.3, -0.25) is 14.4 Å². The normalized spacial score (nSPS) is 20.0. The predicted octanol–water partition coefficient (Wildman–Crippen LogP) is 2.00. The fourth-order valence-electron chi connectivity index (χ4n) is 4.08. The highest BCUT2D eigenvalue weighted by Gasteiger charge is 2.37. The lowest BCUT2D eigenvalue weighted by molar-refractivity contribution is -0.137. The van der Waals surface area contributed by atoms with Crippen molar-refractivity contribution in [2.24, 2.45) is 5.92 Å². The summed E-state index contributed by atoms with van der Waals surface area (Å²) in [5.41, 5.74) is 2.32. The topological polar surface area (TPSA) is 70.2 Å². The molecule has 0 aromatic heterocycles. The summed E-state index contributed by atoms with van der Waals surface area (Å²) in [5.74, 6) is 0.448. The molecule has 2 fully saturated rings. The van der Waals surface area contributed by atoms with Crippen LogP contribution in [0.25, 0.3) is 0 Å². The predicted molar refractivity (Wildman–Crippen MR) is 114 cm³/mol. The number of rotatable bonds is 5. The van der Waals surface area contributed by atoms with Crippen LogP contribution in [-0.2, 0) is 14.4 Å². The van der Waals surface area contributed by atoms with Crippen LogP contribution in [-0.4, -0.2) is 77.8 Å². The summed E-state index contributed by atoms with van der Waals surface area (Å²) in [7, 11) is 0. The first-order valence-electron chi connectivity index (χ1n) is 10.8. The first-order valence-corrected chi connectivity index (χ1v) is 10.8. The Morgan fingerprint density at radius 3 is 2.43 bits per heavy atom. The molecule has 3 rings (SSSR count). The van der Waals surface area contributed by atoms with Crippen LogP contribution in [0.15, 0.2) is 18.2 Å². The van der Waals surface area contributed by atoms with E-state index in [1.807, 2.05) is 50.8 Å². The van der Waals surface area contributed by atoms with Crippen molar-refractivity contribution in [3.05, 3.63) is 29.3 Å². The molecular formula is C23H33N3O4. The largest absolute Gasteiger partial charge is 0.484 e. The molecule has 0 aliphatic carbocycles. The third-order valence-corrected chi connectivity index (χ3v) is 6.13. The summed E-state index contributed by atoms with van der Waals surface area (Å²) < 4.78 is 5.68. The molecule has 2 saturated heterocycles. The van der Waals surface area contributed by atoms with E-state index in [0.717, 1.165) is 12.0 Å². The van der Waals surface area contributed by atoms with Gasteiger partial charge in [0, 0.05) is 45.2 Å². The van der Waals surface area contributed by atoms with E-state index in [-0.39, 0.29) is 36.3 Å². The van der Waals surface area contributed by atoms with Crippen LogP contribution >= 0.6 is 0 Å². The first-order chi connectivity index (χ1) is 14.3. The van der Waals surface area contributed by atoms with Crippen LogP contribution < -0.4 is 4.74 Å². The molecule has 1 atom stereocenters. The number of carbonyl (C=O) groups is 3. The van der Waals surface area contributed by atoms with E-state index in [0.29, 0.717) is 44.9 Å². The molecule has 2 heterocycles. The van der Waals surface area contributed by atoms with Gasteiger partial charge in [0.2, 0.25) is 11.8 Å². The fraction of sp³-hybridized carbons (Fsp3) is 0.609. The third kappa shape index (κ3) is 5.12. The minimum Gasteiger partial charge on any atom is -0.484 e. The van der Waals surface area contributed by atoms with Gasteiger partial charge in [0.25, 0.3) is 5.91 Å². The SMILES string of the molecule is Cc1ccc(OCC(=O)N2CCCN(C(=O)C3CC(=O)N(C(C)C)C3)CC2)cc1C. The van der Waals surface area contributed by atoms with Gasteiger partial charge in [0.05, 0.1) is 5.92 Å². The van der Waals surface area contributed by atoms with Crippen molar-refractivity contribution in [2.75, 3.05) is 39.3 Å². The molecule has 0 radical (unpaired) electrons. The summed E-state index contributed by atoms with van der Waals surface area (Å²) in [6, 6.07) is 5.92. The second-order valence-electron chi connectivity index (χ2n) is 8.64. The van der Waals surface area contributed by atoms with E-state index in [1.165, 1.54) is 5.56 Å². The zero-order valence-corrected chi connectivity index (χ0v) is 18.5. The van der Waals surface area contributed by atoms with Gasteiger partial charge in [0.15, 0.2) is 6.61 Å². The number of ether oxygens (including phenoxy) is 1. The van der Waals surface area contributed by atoms with Crippen LogP contribution in [0.5, 0.6) is 5.75 Å². The van der Waals surface area contributed by atoms with E-state index in [1.54, 1.807) is 9.80 Å². The van der Waals surface area contributed by atoms with Crippen molar-refractivity contribution in [2.45, 2.75) is 46.6 Å². The second kappa shape index (κ2) is 9.49. The summed E-state index contributed by atoms with van der Waals surface area (Å²) in [6.07, 6.45) is 1.02. The highest BCUT2D eigenvalue weighted by molar-refractivity contribution is 5.89. The monoisotopic (exact) mass is 415 g/mol. The maximum atomic E-state index is 12.9. The van der Waals surface area contributed by atoms with Crippen molar-refractivity contribution in [3.8, 4) is 5.75 Å². The molecule has 0 spiro atoms. The van der Waals surface area contributed by atoms with Gasteiger partial charge in [-0.2, -0.15) is 0 Å². The molecule has 0 saturated carbocycles. The first kappa shape index (κ1) is 22.1. The van der Waals surface area contributed by atoms with Crippen molar-refractivity contribution >= 4 is 17.7 Å². The summed E-state index contributed by atoms with van der Waals surface area (Å²) in [4.78, 5) is 43.1. The highest BCUT2D eigenvalue weighted by Crippen LogP contribution is 2.23. The Balaban J connectivity index is 1.50. The van der Waals surface area contributed by atoms with E-state index in [9.17, 15) is 14.4 Å². The number of nitrogens with zero attached hydrogens (tertiary/aromatic N) is 3. The summed E-state index contributed by atoms with van der Waals surface area (Å²) >= 11 is 0. The molecule has 7 heteroatoms. The lowest BCUT2D eigenvalue weighted by Crippen LogP contribution is -2.42. The Bertz CT molecular complexity index is 808. The Morgan fingerprint density at radius 2 is 1.77 bits per heavy atom. The Kier molecular flexibility index (Phi) is 7.00. The number of carbonyl (C=O) groups excluding carboxylic acids is 3. The smallest absolute Gasteiger partial charge is 0.260 e. The van der Waals surface area contributed by atoms with Gasteiger partial charge >= 0.3 is 0 Å². The average Bonchev–Trinajstić information content (AvgIpc) is 2.94. The van der Waals surface area contributed by atoms with E-state index in [2.05, 4.69) is 0 Å². The molecule has 30 heavy (non-hydrogen) atoms. The fourth-order valence-corrected chi connectivity index (χ4v) is 4.08. The lowest BCUT2D eigenvalue weighted by atomic mass is 10.1. The number of benzene rings is 1. The summed E-state index contributed by atoms with van der Waals surface area (Å²) in [5, 5.41) is 0. The van der Waals surface area contributed by atoms with Crippen LogP contribution in [0.2, 0.25) is 0 Å². The Labute approximate surface area is 179 Å². The van der Waals surface area contributed by atoms with Crippen molar-refractivity contribution in [1.82, 2.24) is 14.7 Å². The standard InChI is InChI=1S/C23H33N3O4/c1-16(2)26-14-19(13-21(26)27)23(29)25-9-5-8-24(10-11-25)22(28)15-30-20-7-6-17(3)18(4)12-20/h6-7,12,16,19H,5,8-11,13-15H2,1-4H3. The molecule has 1 aromatic carbocycles. The molecule has 0 N–H and O–H groups in total. The number of likely N-dealkylation sites (tertiary alicyclic amines) is 1. The highest BCUT2D eigenvalue weighted by atomic mass is 16.5. The molecule has 164 valence electrons. The lowest BCUT2D eigenvalue weighted by Gasteiger charge is -2.25. The molecule has 2 aliphatic heterocycles. The quantitative estimate of drug-likeness (QED) is 0.738. The van der Waals surface area contributed by atoms with Gasteiger partial charge in [-0.15, -0.1) is 0 Å². The van der Waals surface area contributed by atoms with Crippen LogP contribution in [0, 0.1) is 19.8 Å². The molecule has 7 nitrogen and oxygen atoms in total. The van der Waals surface area contributed by atoms with Crippen molar-refractivity contribution < 1.29 is 19.1 Å². The third-order valence-electron chi connectivity index (χ3n) is 6.13. The Morgan fingerprint density at radius 1 is 1.07 bits per heavy atom. The molecule has 1 unspecified atom stereocenters. The van der Waals surface area contributed by atoms with Gasteiger partial charge < -0.3 is 19.4 Å². The second-order valence-corrected chi connectivity index (χ2v) is 8.64. The van der Waals surface area contributed by atoms with E-state index >= 15 is 0 Å². The average molecular weight is 416 g/mol. The molecular weight excluding hydrogens is 382 g/mol. The van der Waals surface area contributed by atoms with Gasteiger partial charge in [-0.1, -0.05) is 6.07 Å². The molecule has 1 aromatic rings. The maximum absolute atomic E-state index is 12.9. The van der Waals surface area contributed by atoms with E-state index in [4.69, 9.17) is 4.74 Å². The van der Waals surface area contributed by atoms with Gasteiger partial charge in [-0.25, -0.2) is 0 Å². The number of amides is 3. The minimum absolute atomic E-state index is 0.00305. The Hall–Kier alpha value is -2.57. The van der Waals surface area contributed by atoms with Crippen LogP contribution in [0.1, 0.15) is 37.8 Å². The maximum Gasteiger partial charge on any atom is 0.260 e. The number of hydrogen-bond acceptors (Lipinski definition) is 4. The zero-order valence-electron chi connectivity index (χ0n) is 18.5. The molecule has 2 aliphatic rings. The van der Waals surface area contributed by atoms with Crippen LogP contribution in [0.3, 0.4) is 0 Å². The van der Waals surface area contributed by atoms with Crippen molar-refractivity contribution in [3.63, 3.8) is 0 Å². The number of hydrogen-bond donors (Lipinski definition) is 0.